The van der Waals surface area contributed by atoms with E-state index >= 15 is 0 Å². The molecule has 0 saturated heterocycles. The van der Waals surface area contributed by atoms with Gasteiger partial charge in [0.2, 0.25) is 0 Å². The Kier molecular flexibility index (Phi) is 3.80. The molecule has 3 nitrogen and oxygen atoms in total. The van der Waals surface area contributed by atoms with Crippen LogP contribution in [0.5, 0.6) is 5.75 Å². The van der Waals surface area contributed by atoms with Crippen molar-refractivity contribution >= 4 is 5.97 Å². The molecule has 0 atom stereocenters. The van der Waals surface area contributed by atoms with Crippen molar-refractivity contribution < 1.29 is 19.0 Å². The third-order valence-corrected chi connectivity index (χ3v) is 2.68. The summed E-state index contributed by atoms with van der Waals surface area (Å²) in [5.41, 5.74) is 1.09. The first kappa shape index (κ1) is 13.1. The van der Waals surface area contributed by atoms with Gasteiger partial charge < -0.3 is 9.84 Å². The van der Waals surface area contributed by atoms with Crippen LogP contribution in [0.15, 0.2) is 42.5 Å². The number of ether oxygens (including phenoxy) is 1. The molecule has 2 aromatic carbocycles. The molecule has 0 radical (unpaired) electrons. The summed E-state index contributed by atoms with van der Waals surface area (Å²) >= 11 is 0. The van der Waals surface area contributed by atoms with Crippen LogP contribution >= 0.6 is 0 Å². The van der Waals surface area contributed by atoms with E-state index in [-0.39, 0.29) is 5.56 Å². The predicted octanol–water partition coefficient (Wildman–Crippen LogP) is 3.59. The SMILES string of the molecule is CCOc1cccc(-c2ccc(F)c(C(=O)O)c2)c1. The molecule has 0 aliphatic rings. The van der Waals surface area contributed by atoms with Gasteiger partial charge in [-0.15, -0.1) is 0 Å². The molecule has 4 heteroatoms. The Morgan fingerprint density at radius 2 is 1.95 bits per heavy atom. The molecule has 0 fully saturated rings. The molecule has 0 amide bonds. The highest BCUT2D eigenvalue weighted by molar-refractivity contribution is 5.89. The molecule has 0 heterocycles. The molecule has 0 aromatic heterocycles. The number of carboxylic acids is 1. The van der Waals surface area contributed by atoms with Crippen molar-refractivity contribution in [3.05, 3.63) is 53.8 Å². The smallest absolute Gasteiger partial charge is 0.338 e. The van der Waals surface area contributed by atoms with Crippen LogP contribution in [-0.4, -0.2) is 17.7 Å². The Bertz CT molecular complexity index is 608. The summed E-state index contributed by atoms with van der Waals surface area (Å²) < 4.78 is 18.7. The predicted molar refractivity (Wildman–Crippen MR) is 70.0 cm³/mol. The lowest BCUT2D eigenvalue weighted by molar-refractivity contribution is 0.0692. The lowest BCUT2D eigenvalue weighted by Gasteiger charge is -2.07. The lowest BCUT2D eigenvalue weighted by atomic mass is 10.0. The molecule has 2 aromatic rings. The van der Waals surface area contributed by atoms with Crippen LogP contribution in [0.2, 0.25) is 0 Å². The molecule has 98 valence electrons. The molecule has 0 unspecified atom stereocenters. The van der Waals surface area contributed by atoms with E-state index in [0.29, 0.717) is 17.9 Å². The zero-order valence-electron chi connectivity index (χ0n) is 10.4. The largest absolute Gasteiger partial charge is 0.494 e. The Hall–Kier alpha value is -2.36. The molecule has 19 heavy (non-hydrogen) atoms. The van der Waals surface area contributed by atoms with E-state index in [1.165, 1.54) is 6.07 Å². The maximum Gasteiger partial charge on any atom is 0.338 e. The summed E-state index contributed by atoms with van der Waals surface area (Å²) in [6.07, 6.45) is 0. The van der Waals surface area contributed by atoms with Crippen molar-refractivity contribution in [3.8, 4) is 16.9 Å². The number of halogens is 1. The fourth-order valence-electron chi connectivity index (χ4n) is 1.80. The second-order valence-electron chi connectivity index (χ2n) is 3.96. The highest BCUT2D eigenvalue weighted by Gasteiger charge is 2.11. The fourth-order valence-corrected chi connectivity index (χ4v) is 1.80. The van der Waals surface area contributed by atoms with E-state index in [2.05, 4.69) is 0 Å². The van der Waals surface area contributed by atoms with Gasteiger partial charge in [-0.1, -0.05) is 18.2 Å². The zero-order chi connectivity index (χ0) is 13.8. The summed E-state index contributed by atoms with van der Waals surface area (Å²) in [6, 6.07) is 11.3. The van der Waals surface area contributed by atoms with Gasteiger partial charge in [-0.25, -0.2) is 9.18 Å². The fraction of sp³-hybridized carbons (Fsp3) is 0.133. The van der Waals surface area contributed by atoms with Crippen molar-refractivity contribution in [1.29, 1.82) is 0 Å². The molecule has 0 saturated carbocycles. The van der Waals surface area contributed by atoms with Crippen molar-refractivity contribution in [3.63, 3.8) is 0 Å². The van der Waals surface area contributed by atoms with Crippen LogP contribution < -0.4 is 4.74 Å². The van der Waals surface area contributed by atoms with Crippen LogP contribution in [0, 0.1) is 5.82 Å². The molecular formula is C15H13FO3. The number of hydrogen-bond acceptors (Lipinski definition) is 2. The van der Waals surface area contributed by atoms with Gasteiger partial charge in [-0.2, -0.15) is 0 Å². The molecule has 1 N–H and O–H groups in total. The summed E-state index contributed by atoms with van der Waals surface area (Å²) in [5.74, 6) is -1.32. The highest BCUT2D eigenvalue weighted by atomic mass is 19.1. The van der Waals surface area contributed by atoms with Crippen molar-refractivity contribution in [2.75, 3.05) is 6.61 Å². The van der Waals surface area contributed by atoms with E-state index in [0.717, 1.165) is 11.6 Å². The Morgan fingerprint density at radius 1 is 1.21 bits per heavy atom. The van der Waals surface area contributed by atoms with Gasteiger partial charge in [0, 0.05) is 0 Å². The highest BCUT2D eigenvalue weighted by Crippen LogP contribution is 2.25. The lowest BCUT2D eigenvalue weighted by Crippen LogP contribution is -2.00. The first-order valence-electron chi connectivity index (χ1n) is 5.88. The summed E-state index contributed by atoms with van der Waals surface area (Å²) in [5, 5.41) is 8.91. The Balaban J connectivity index is 2.44. The van der Waals surface area contributed by atoms with Crippen LogP contribution in [0.4, 0.5) is 4.39 Å². The van der Waals surface area contributed by atoms with Crippen LogP contribution in [-0.2, 0) is 0 Å². The van der Waals surface area contributed by atoms with Gasteiger partial charge >= 0.3 is 5.97 Å². The van der Waals surface area contributed by atoms with E-state index < -0.39 is 11.8 Å². The number of rotatable bonds is 4. The molecule has 0 bridgehead atoms. The van der Waals surface area contributed by atoms with Crippen molar-refractivity contribution in [2.45, 2.75) is 6.92 Å². The van der Waals surface area contributed by atoms with Crippen LogP contribution in [0.3, 0.4) is 0 Å². The molecular weight excluding hydrogens is 247 g/mol. The first-order chi connectivity index (χ1) is 9.11. The summed E-state index contributed by atoms with van der Waals surface area (Å²) in [6.45, 7) is 2.43. The van der Waals surface area contributed by atoms with Crippen molar-refractivity contribution in [2.24, 2.45) is 0 Å². The second kappa shape index (κ2) is 5.52. The minimum atomic E-state index is -1.28. The summed E-state index contributed by atoms with van der Waals surface area (Å²) in [4.78, 5) is 10.9. The van der Waals surface area contributed by atoms with Gasteiger partial charge in [-0.05, 0) is 42.3 Å². The maximum atomic E-state index is 13.3. The second-order valence-corrected chi connectivity index (χ2v) is 3.96. The monoisotopic (exact) mass is 260 g/mol. The third-order valence-electron chi connectivity index (χ3n) is 2.68. The number of aromatic carboxylic acids is 1. The van der Waals surface area contributed by atoms with Gasteiger partial charge in [0.1, 0.15) is 11.6 Å². The topological polar surface area (TPSA) is 46.5 Å². The average molecular weight is 260 g/mol. The Labute approximate surface area is 110 Å². The molecule has 0 aliphatic heterocycles. The molecule has 2 rings (SSSR count). The quantitative estimate of drug-likeness (QED) is 0.913. The molecule has 0 spiro atoms. The maximum absolute atomic E-state index is 13.3. The average Bonchev–Trinajstić information content (AvgIpc) is 2.39. The Morgan fingerprint density at radius 3 is 2.63 bits per heavy atom. The van der Waals surface area contributed by atoms with E-state index in [9.17, 15) is 9.18 Å². The molecule has 0 aliphatic carbocycles. The first-order valence-corrected chi connectivity index (χ1v) is 5.88. The number of carbonyl (C=O) groups is 1. The third kappa shape index (κ3) is 2.91. The zero-order valence-corrected chi connectivity index (χ0v) is 10.4. The minimum Gasteiger partial charge on any atom is -0.494 e. The van der Waals surface area contributed by atoms with E-state index in [4.69, 9.17) is 9.84 Å². The van der Waals surface area contributed by atoms with Gasteiger partial charge in [0.25, 0.3) is 0 Å². The number of carboxylic acid groups (broad SMARTS) is 1. The normalized spacial score (nSPS) is 10.2. The summed E-state index contributed by atoms with van der Waals surface area (Å²) in [7, 11) is 0. The number of hydrogen-bond donors (Lipinski definition) is 1. The number of benzene rings is 2. The van der Waals surface area contributed by atoms with Gasteiger partial charge in [0.15, 0.2) is 0 Å². The van der Waals surface area contributed by atoms with Crippen LogP contribution in [0.1, 0.15) is 17.3 Å². The van der Waals surface area contributed by atoms with Crippen molar-refractivity contribution in [1.82, 2.24) is 0 Å². The van der Waals surface area contributed by atoms with E-state index in [1.54, 1.807) is 12.1 Å². The van der Waals surface area contributed by atoms with E-state index in [1.807, 2.05) is 25.1 Å². The van der Waals surface area contributed by atoms with Crippen LogP contribution in [0.25, 0.3) is 11.1 Å². The standard InChI is InChI=1S/C15H13FO3/c1-2-19-12-5-3-4-10(8-12)11-6-7-14(16)13(9-11)15(17)18/h3-9H,2H2,1H3,(H,17,18). The van der Waals surface area contributed by atoms with Gasteiger partial charge in [0.05, 0.1) is 12.2 Å². The minimum absolute atomic E-state index is 0.334. The van der Waals surface area contributed by atoms with Gasteiger partial charge in [-0.3, -0.25) is 0 Å².